The highest BCUT2D eigenvalue weighted by Crippen LogP contribution is 2.34. The lowest BCUT2D eigenvalue weighted by atomic mass is 9.98. The highest BCUT2D eigenvalue weighted by molar-refractivity contribution is 6.35. The molecule has 1 aliphatic rings. The number of para-hydroxylation sites is 1. The first-order valence-electron chi connectivity index (χ1n) is 6.87. The number of carbonyl (C=O) groups is 2. The number of rotatable bonds is 2. The molecule has 0 bridgehead atoms. The Morgan fingerprint density at radius 2 is 1.77 bits per heavy atom. The average molecular weight is 293 g/mol. The van der Waals surface area contributed by atoms with Gasteiger partial charge in [-0.3, -0.25) is 14.5 Å². The van der Waals surface area contributed by atoms with Crippen LogP contribution in [0.1, 0.15) is 10.4 Å². The molecule has 0 radical (unpaired) electrons. The minimum absolute atomic E-state index is 0.134. The van der Waals surface area contributed by atoms with Crippen molar-refractivity contribution >= 4 is 23.2 Å². The average Bonchev–Trinajstić information content (AvgIpc) is 2.52. The molecule has 0 atom stereocenters. The molecule has 22 heavy (non-hydrogen) atoms. The Bertz CT molecular complexity index is 766. The maximum Gasteiger partial charge on any atom is 0.269 e. The summed E-state index contributed by atoms with van der Waals surface area (Å²) in [5.74, 6) is -0.287. The third kappa shape index (κ3) is 2.26. The molecule has 5 heteroatoms. The molecule has 1 aliphatic heterocycles. The molecular formula is C17H15N3O2. The predicted octanol–water partition coefficient (Wildman–Crippen LogP) is 2.39. The molecule has 0 saturated heterocycles. The quantitative estimate of drug-likeness (QED) is 0.630. The van der Waals surface area contributed by atoms with E-state index in [0.29, 0.717) is 17.1 Å². The molecule has 0 saturated carbocycles. The molecule has 2 aromatic rings. The lowest BCUT2D eigenvalue weighted by Gasteiger charge is -2.29. The highest BCUT2D eigenvalue weighted by atomic mass is 16.2. The van der Waals surface area contributed by atoms with Crippen molar-refractivity contribution < 1.29 is 9.59 Å². The van der Waals surface area contributed by atoms with Crippen LogP contribution in [-0.2, 0) is 4.79 Å². The molecule has 2 heterocycles. The van der Waals surface area contributed by atoms with Crippen molar-refractivity contribution in [1.82, 2.24) is 9.88 Å². The van der Waals surface area contributed by atoms with Gasteiger partial charge in [0.1, 0.15) is 5.57 Å². The number of ketones is 1. The number of aromatic nitrogens is 1. The number of anilines is 2. The number of Topliss-reactive ketones (excluding diaryl/α,β-unsaturated/α-hetero) is 1. The smallest absolute Gasteiger partial charge is 0.269 e. The molecule has 1 amide bonds. The van der Waals surface area contributed by atoms with Crippen LogP contribution in [0.5, 0.6) is 0 Å². The van der Waals surface area contributed by atoms with Gasteiger partial charge in [0.2, 0.25) is 5.78 Å². The van der Waals surface area contributed by atoms with Crippen LogP contribution in [0.3, 0.4) is 0 Å². The molecule has 3 rings (SSSR count). The van der Waals surface area contributed by atoms with Crippen molar-refractivity contribution in [2.24, 2.45) is 0 Å². The fourth-order valence-electron chi connectivity index (χ4n) is 2.40. The van der Waals surface area contributed by atoms with Gasteiger partial charge in [-0.15, -0.1) is 0 Å². The van der Waals surface area contributed by atoms with Crippen LogP contribution >= 0.6 is 0 Å². The minimum atomic E-state index is -0.365. The molecule has 5 nitrogen and oxygen atoms in total. The molecule has 0 unspecified atom stereocenters. The summed E-state index contributed by atoms with van der Waals surface area (Å²) in [7, 11) is 3.55. The van der Waals surface area contributed by atoms with Crippen LogP contribution in [-0.4, -0.2) is 35.7 Å². The Morgan fingerprint density at radius 3 is 2.45 bits per heavy atom. The third-order valence-corrected chi connectivity index (χ3v) is 3.32. The summed E-state index contributed by atoms with van der Waals surface area (Å²) in [6, 6.07) is 12.6. The fourth-order valence-corrected chi connectivity index (χ4v) is 2.40. The summed E-state index contributed by atoms with van der Waals surface area (Å²) in [5, 5.41) is 0. The Labute approximate surface area is 128 Å². The number of nitrogens with zero attached hydrogens (tertiary/aromatic N) is 3. The standard InChI is InChI=1S/C17H15N3O2/c1-19(2)11-14-15(21)13-9-6-10-18-16(13)20(17(14)22)12-7-4-3-5-8-12/h3-11H,1-2H3/b14-11+. The van der Waals surface area contributed by atoms with Crippen LogP contribution < -0.4 is 4.90 Å². The van der Waals surface area contributed by atoms with Gasteiger partial charge in [-0.1, -0.05) is 18.2 Å². The lowest BCUT2D eigenvalue weighted by molar-refractivity contribution is -0.114. The van der Waals surface area contributed by atoms with E-state index in [2.05, 4.69) is 4.98 Å². The zero-order valence-corrected chi connectivity index (χ0v) is 12.4. The molecule has 110 valence electrons. The largest absolute Gasteiger partial charge is 0.383 e. The van der Waals surface area contributed by atoms with E-state index < -0.39 is 0 Å². The number of benzene rings is 1. The van der Waals surface area contributed by atoms with Gasteiger partial charge >= 0.3 is 0 Å². The van der Waals surface area contributed by atoms with E-state index in [1.54, 1.807) is 43.5 Å². The molecule has 0 fully saturated rings. The van der Waals surface area contributed by atoms with Gasteiger partial charge in [0.05, 0.1) is 11.3 Å². The maximum atomic E-state index is 12.8. The number of amides is 1. The second-order valence-corrected chi connectivity index (χ2v) is 5.19. The number of fused-ring (bicyclic) bond motifs is 1. The summed E-state index contributed by atoms with van der Waals surface area (Å²) in [5.41, 5.74) is 1.25. The normalized spacial score (nSPS) is 15.9. The maximum absolute atomic E-state index is 12.8. The van der Waals surface area contributed by atoms with E-state index in [1.165, 1.54) is 4.90 Å². The van der Waals surface area contributed by atoms with E-state index in [9.17, 15) is 9.59 Å². The van der Waals surface area contributed by atoms with Gasteiger partial charge in [-0.05, 0) is 24.3 Å². The van der Waals surface area contributed by atoms with Crippen LogP contribution in [0.25, 0.3) is 0 Å². The number of carbonyl (C=O) groups excluding carboxylic acids is 2. The van der Waals surface area contributed by atoms with Gasteiger partial charge in [-0.25, -0.2) is 4.98 Å². The Kier molecular flexibility index (Phi) is 3.47. The first kappa shape index (κ1) is 14.0. The van der Waals surface area contributed by atoms with Crippen molar-refractivity contribution in [3.8, 4) is 0 Å². The van der Waals surface area contributed by atoms with E-state index in [1.807, 2.05) is 30.3 Å². The zero-order chi connectivity index (χ0) is 15.7. The zero-order valence-electron chi connectivity index (χ0n) is 12.4. The Balaban J connectivity index is 2.23. The summed E-state index contributed by atoms with van der Waals surface area (Å²) >= 11 is 0. The van der Waals surface area contributed by atoms with Gasteiger partial charge in [0, 0.05) is 26.5 Å². The van der Waals surface area contributed by atoms with Gasteiger partial charge < -0.3 is 4.90 Å². The van der Waals surface area contributed by atoms with Crippen molar-refractivity contribution in [2.75, 3.05) is 19.0 Å². The van der Waals surface area contributed by atoms with Gasteiger partial charge in [0.15, 0.2) is 5.82 Å². The first-order chi connectivity index (χ1) is 10.6. The van der Waals surface area contributed by atoms with Crippen molar-refractivity contribution in [3.63, 3.8) is 0 Å². The topological polar surface area (TPSA) is 53.5 Å². The summed E-state index contributed by atoms with van der Waals surface area (Å²) in [6.45, 7) is 0. The highest BCUT2D eigenvalue weighted by Gasteiger charge is 2.36. The van der Waals surface area contributed by atoms with Crippen LogP contribution in [0.15, 0.2) is 60.4 Å². The second kappa shape index (κ2) is 5.44. The molecule has 1 aromatic heterocycles. The lowest BCUT2D eigenvalue weighted by Crippen LogP contribution is -2.37. The number of hydrogen-bond acceptors (Lipinski definition) is 4. The third-order valence-electron chi connectivity index (χ3n) is 3.32. The van der Waals surface area contributed by atoms with E-state index in [0.717, 1.165) is 0 Å². The van der Waals surface area contributed by atoms with E-state index in [4.69, 9.17) is 0 Å². The predicted molar refractivity (Wildman–Crippen MR) is 83.9 cm³/mol. The summed E-state index contributed by atoms with van der Waals surface area (Å²) in [4.78, 5) is 32.8. The van der Waals surface area contributed by atoms with Gasteiger partial charge in [0.25, 0.3) is 5.91 Å². The summed E-state index contributed by atoms with van der Waals surface area (Å²) < 4.78 is 0. The number of hydrogen-bond donors (Lipinski definition) is 0. The van der Waals surface area contributed by atoms with Crippen LogP contribution in [0, 0.1) is 0 Å². The van der Waals surface area contributed by atoms with Crippen LogP contribution in [0.2, 0.25) is 0 Å². The fraction of sp³-hybridized carbons (Fsp3) is 0.118. The van der Waals surface area contributed by atoms with Crippen molar-refractivity contribution in [3.05, 3.63) is 66.0 Å². The molecule has 1 aromatic carbocycles. The second-order valence-electron chi connectivity index (χ2n) is 5.19. The van der Waals surface area contributed by atoms with E-state index in [-0.39, 0.29) is 17.3 Å². The SMILES string of the molecule is CN(C)/C=C1\C(=O)c2cccnc2N(c2ccccc2)C1=O. The Hall–Kier alpha value is -2.95. The van der Waals surface area contributed by atoms with Crippen LogP contribution in [0.4, 0.5) is 11.5 Å². The van der Waals surface area contributed by atoms with Crippen molar-refractivity contribution in [2.45, 2.75) is 0 Å². The molecular weight excluding hydrogens is 278 g/mol. The Morgan fingerprint density at radius 1 is 1.05 bits per heavy atom. The first-order valence-corrected chi connectivity index (χ1v) is 6.87. The van der Waals surface area contributed by atoms with Gasteiger partial charge in [-0.2, -0.15) is 0 Å². The summed E-state index contributed by atoms with van der Waals surface area (Å²) in [6.07, 6.45) is 3.13. The van der Waals surface area contributed by atoms with E-state index >= 15 is 0 Å². The molecule has 0 N–H and O–H groups in total. The monoisotopic (exact) mass is 293 g/mol. The number of pyridine rings is 1. The molecule has 0 spiro atoms. The van der Waals surface area contributed by atoms with Crippen molar-refractivity contribution in [1.29, 1.82) is 0 Å². The molecule has 0 aliphatic carbocycles. The minimum Gasteiger partial charge on any atom is -0.383 e.